The molecule has 0 atom stereocenters. The highest BCUT2D eigenvalue weighted by Crippen LogP contribution is 2.28. The number of likely N-dealkylation sites (tertiary alicyclic amines) is 1. The molecule has 9 heteroatoms. The number of pyridine rings is 1. The lowest BCUT2D eigenvalue weighted by Gasteiger charge is -2.39. The van der Waals surface area contributed by atoms with E-state index in [-0.39, 0.29) is 30.4 Å². The first-order valence-corrected chi connectivity index (χ1v) is 11.2. The zero-order chi connectivity index (χ0) is 25.0. The first-order chi connectivity index (χ1) is 16.7. The molecule has 0 unspecified atom stereocenters. The molecule has 0 radical (unpaired) electrons. The molecule has 1 aliphatic rings. The summed E-state index contributed by atoms with van der Waals surface area (Å²) in [6.07, 6.45) is 1.57. The number of nitrogens with zero attached hydrogens (tertiary/aromatic N) is 2. The standard InChI is InChI=1S/C26H26F3N3O3/c1-26(28,29)19-5-2-17(3-6-19)14-32-15-21(16-32)35-20-7-9-24(31-13-20)18-4-8-22(23(27)12-18)25(34)30-10-11-33/h2-9,12-13,21,33H,10-11,14-16H2,1H3,(H,30,34). The van der Waals surface area contributed by atoms with Gasteiger partial charge in [-0.1, -0.05) is 30.3 Å². The fourth-order valence-corrected chi connectivity index (χ4v) is 3.82. The number of rotatable bonds is 9. The molecule has 0 aliphatic carbocycles. The summed E-state index contributed by atoms with van der Waals surface area (Å²) < 4.78 is 47.0. The molecule has 1 aromatic heterocycles. The molecule has 184 valence electrons. The average Bonchev–Trinajstić information content (AvgIpc) is 2.81. The van der Waals surface area contributed by atoms with Crippen LogP contribution < -0.4 is 10.1 Å². The van der Waals surface area contributed by atoms with Crippen molar-refractivity contribution in [3.63, 3.8) is 0 Å². The van der Waals surface area contributed by atoms with Gasteiger partial charge in [0, 0.05) is 44.2 Å². The van der Waals surface area contributed by atoms with E-state index in [0.29, 0.717) is 36.6 Å². The van der Waals surface area contributed by atoms with Crippen molar-refractivity contribution in [2.75, 3.05) is 26.2 Å². The fraction of sp³-hybridized carbons (Fsp3) is 0.308. The van der Waals surface area contributed by atoms with Gasteiger partial charge in [-0.25, -0.2) is 13.2 Å². The Labute approximate surface area is 201 Å². The number of carbonyl (C=O) groups excluding carboxylic acids is 1. The minimum absolute atomic E-state index is 0.00365. The van der Waals surface area contributed by atoms with Crippen molar-refractivity contribution < 1.29 is 27.8 Å². The van der Waals surface area contributed by atoms with E-state index in [2.05, 4.69) is 15.2 Å². The van der Waals surface area contributed by atoms with E-state index in [4.69, 9.17) is 9.84 Å². The number of benzene rings is 2. The number of carbonyl (C=O) groups is 1. The Kier molecular flexibility index (Phi) is 7.37. The largest absolute Gasteiger partial charge is 0.486 e. The fourth-order valence-electron chi connectivity index (χ4n) is 3.82. The number of aliphatic hydroxyl groups is 1. The Hall–Kier alpha value is -3.43. The molecule has 2 heterocycles. The third-order valence-corrected chi connectivity index (χ3v) is 5.74. The minimum Gasteiger partial charge on any atom is -0.486 e. The lowest BCUT2D eigenvalue weighted by Crippen LogP contribution is -2.53. The number of hydrogen-bond acceptors (Lipinski definition) is 5. The van der Waals surface area contributed by atoms with Crippen LogP contribution in [0.1, 0.15) is 28.4 Å². The topological polar surface area (TPSA) is 74.7 Å². The van der Waals surface area contributed by atoms with Gasteiger partial charge in [0.1, 0.15) is 17.7 Å². The summed E-state index contributed by atoms with van der Waals surface area (Å²) in [5.41, 5.74) is 1.93. The summed E-state index contributed by atoms with van der Waals surface area (Å²) in [5, 5.41) is 11.2. The first kappa shape index (κ1) is 24.7. The summed E-state index contributed by atoms with van der Waals surface area (Å²) in [6.45, 7) is 2.79. The number of halogens is 3. The van der Waals surface area contributed by atoms with Crippen molar-refractivity contribution >= 4 is 5.91 Å². The van der Waals surface area contributed by atoms with Gasteiger partial charge in [0.25, 0.3) is 11.8 Å². The smallest absolute Gasteiger partial charge is 0.270 e. The molecule has 2 N–H and O–H groups in total. The van der Waals surface area contributed by atoms with Gasteiger partial charge in [-0.2, -0.15) is 0 Å². The molecule has 3 aromatic rings. The Morgan fingerprint density at radius 2 is 1.91 bits per heavy atom. The molecule has 4 rings (SSSR count). The number of hydrogen-bond donors (Lipinski definition) is 2. The molecule has 0 saturated carbocycles. The van der Waals surface area contributed by atoms with Gasteiger partial charge in [-0.05, 0) is 29.8 Å². The van der Waals surface area contributed by atoms with Crippen LogP contribution in [0.4, 0.5) is 13.2 Å². The van der Waals surface area contributed by atoms with E-state index >= 15 is 0 Å². The minimum atomic E-state index is -2.84. The summed E-state index contributed by atoms with van der Waals surface area (Å²) in [7, 11) is 0. The van der Waals surface area contributed by atoms with E-state index in [1.165, 1.54) is 24.3 Å². The highest BCUT2D eigenvalue weighted by molar-refractivity contribution is 5.94. The maximum Gasteiger partial charge on any atom is 0.270 e. The zero-order valence-corrected chi connectivity index (χ0v) is 19.2. The number of ether oxygens (including phenoxy) is 1. The van der Waals surface area contributed by atoms with Crippen molar-refractivity contribution in [2.45, 2.75) is 25.5 Å². The highest BCUT2D eigenvalue weighted by atomic mass is 19.3. The number of aromatic nitrogens is 1. The van der Waals surface area contributed by atoms with Crippen molar-refractivity contribution in [1.29, 1.82) is 0 Å². The Morgan fingerprint density at radius 1 is 1.17 bits per heavy atom. The molecule has 6 nitrogen and oxygen atoms in total. The first-order valence-electron chi connectivity index (χ1n) is 11.2. The second-order valence-electron chi connectivity index (χ2n) is 8.57. The monoisotopic (exact) mass is 485 g/mol. The Balaban J connectivity index is 1.28. The van der Waals surface area contributed by atoms with Crippen molar-refractivity contribution in [1.82, 2.24) is 15.2 Å². The molecule has 2 aromatic carbocycles. The predicted octanol–water partition coefficient (Wildman–Crippen LogP) is 3.98. The predicted molar refractivity (Wildman–Crippen MR) is 125 cm³/mol. The molecule has 0 spiro atoms. The molecule has 1 saturated heterocycles. The van der Waals surface area contributed by atoms with Crippen LogP contribution in [0.2, 0.25) is 0 Å². The normalized spacial score (nSPS) is 14.4. The van der Waals surface area contributed by atoms with Crippen LogP contribution in [0.5, 0.6) is 5.75 Å². The second kappa shape index (κ2) is 10.5. The van der Waals surface area contributed by atoms with E-state index in [0.717, 1.165) is 12.5 Å². The molecule has 1 fully saturated rings. The number of amides is 1. The lowest BCUT2D eigenvalue weighted by atomic mass is 10.1. The zero-order valence-electron chi connectivity index (χ0n) is 19.2. The van der Waals surface area contributed by atoms with Crippen molar-refractivity contribution in [3.05, 3.63) is 83.3 Å². The molecule has 0 bridgehead atoms. The maximum atomic E-state index is 14.4. The SMILES string of the molecule is CC(F)(F)c1ccc(CN2CC(Oc3ccc(-c4ccc(C(=O)NCCO)c(F)c4)nc3)C2)cc1. The van der Waals surface area contributed by atoms with Gasteiger partial charge in [-0.3, -0.25) is 14.7 Å². The quantitative estimate of drug-likeness (QED) is 0.480. The molecule has 35 heavy (non-hydrogen) atoms. The summed E-state index contributed by atoms with van der Waals surface area (Å²) in [5.74, 6) is -3.51. The van der Waals surface area contributed by atoms with E-state index in [1.807, 2.05) is 0 Å². The second-order valence-corrected chi connectivity index (χ2v) is 8.57. The van der Waals surface area contributed by atoms with Crippen LogP contribution in [-0.2, 0) is 12.5 Å². The molecule has 1 amide bonds. The van der Waals surface area contributed by atoms with Gasteiger partial charge < -0.3 is 15.2 Å². The molecular weight excluding hydrogens is 459 g/mol. The average molecular weight is 486 g/mol. The summed E-state index contributed by atoms with van der Waals surface area (Å²) in [4.78, 5) is 18.4. The number of alkyl halides is 2. The molecular formula is C26H26F3N3O3. The van der Waals surface area contributed by atoms with Crippen LogP contribution in [0.15, 0.2) is 60.8 Å². The summed E-state index contributed by atoms with van der Waals surface area (Å²) >= 11 is 0. The van der Waals surface area contributed by atoms with Gasteiger partial charge in [-0.15, -0.1) is 0 Å². The highest BCUT2D eigenvalue weighted by Gasteiger charge is 2.29. The van der Waals surface area contributed by atoms with Crippen LogP contribution in [0.25, 0.3) is 11.3 Å². The van der Waals surface area contributed by atoms with E-state index in [9.17, 15) is 18.0 Å². The third kappa shape index (κ3) is 6.17. The number of aliphatic hydroxyl groups excluding tert-OH is 1. The lowest BCUT2D eigenvalue weighted by molar-refractivity contribution is 0.0139. The van der Waals surface area contributed by atoms with Crippen molar-refractivity contribution in [2.24, 2.45) is 0 Å². The third-order valence-electron chi connectivity index (χ3n) is 5.74. The van der Waals surface area contributed by atoms with Crippen LogP contribution in [-0.4, -0.2) is 53.2 Å². The van der Waals surface area contributed by atoms with E-state index in [1.54, 1.807) is 36.5 Å². The Morgan fingerprint density at radius 3 is 2.51 bits per heavy atom. The maximum absolute atomic E-state index is 14.4. The summed E-state index contributed by atoms with van der Waals surface area (Å²) in [6, 6.07) is 14.1. The van der Waals surface area contributed by atoms with Gasteiger partial charge in [0.15, 0.2) is 0 Å². The van der Waals surface area contributed by atoms with Crippen molar-refractivity contribution in [3.8, 4) is 17.0 Å². The van der Waals surface area contributed by atoms with Gasteiger partial charge >= 0.3 is 0 Å². The molecule has 1 aliphatic heterocycles. The van der Waals surface area contributed by atoms with Gasteiger partial charge in [0.05, 0.1) is 24.1 Å². The van der Waals surface area contributed by atoms with Crippen LogP contribution in [0, 0.1) is 5.82 Å². The van der Waals surface area contributed by atoms with Gasteiger partial charge in [0.2, 0.25) is 0 Å². The number of nitrogens with one attached hydrogen (secondary N) is 1. The van der Waals surface area contributed by atoms with Crippen LogP contribution in [0.3, 0.4) is 0 Å². The van der Waals surface area contributed by atoms with E-state index < -0.39 is 17.6 Å². The van der Waals surface area contributed by atoms with Crippen LogP contribution >= 0.6 is 0 Å². The Bertz CT molecular complexity index is 1160.